The van der Waals surface area contributed by atoms with E-state index in [1.165, 1.54) is 6.26 Å². The summed E-state index contributed by atoms with van der Waals surface area (Å²) in [7, 11) is -2.95. The number of rotatable bonds is 2. The van der Waals surface area contributed by atoms with Gasteiger partial charge in [-0.2, -0.15) is 0 Å². The Labute approximate surface area is 83.4 Å². The zero-order valence-corrected chi connectivity index (χ0v) is 8.88. The summed E-state index contributed by atoms with van der Waals surface area (Å²) in [6.07, 6.45) is 2.55. The van der Waals surface area contributed by atoms with Crippen molar-refractivity contribution in [1.29, 1.82) is 0 Å². The lowest BCUT2D eigenvalue weighted by atomic mass is 9.95. The van der Waals surface area contributed by atoms with Gasteiger partial charge in [-0.25, -0.2) is 13.2 Å². The fourth-order valence-electron chi connectivity index (χ4n) is 1.81. The van der Waals surface area contributed by atoms with Gasteiger partial charge in [0.2, 0.25) is 0 Å². The molecule has 14 heavy (non-hydrogen) atoms. The molecule has 0 aromatic heterocycles. The number of carboxylic acid groups (broad SMARTS) is 1. The summed E-state index contributed by atoms with van der Waals surface area (Å²) in [5, 5.41) is 10.6. The lowest BCUT2D eigenvalue weighted by molar-refractivity contribution is 0.186. The molecule has 0 heterocycles. The van der Waals surface area contributed by atoms with Crippen LogP contribution in [0, 0.1) is 0 Å². The van der Waals surface area contributed by atoms with Crippen molar-refractivity contribution in [2.75, 3.05) is 6.26 Å². The lowest BCUT2D eigenvalue weighted by Gasteiger charge is -2.26. The molecule has 1 aliphatic carbocycles. The second kappa shape index (κ2) is 4.16. The van der Waals surface area contributed by atoms with Gasteiger partial charge in [0.25, 0.3) is 0 Å². The molecule has 5 nitrogen and oxygen atoms in total. The van der Waals surface area contributed by atoms with Crippen molar-refractivity contribution in [2.24, 2.45) is 0 Å². The summed E-state index contributed by atoms with van der Waals surface area (Å²) >= 11 is 0. The van der Waals surface area contributed by atoms with Gasteiger partial charge < -0.3 is 10.4 Å². The predicted molar refractivity (Wildman–Crippen MR) is 52.0 cm³/mol. The summed E-state index contributed by atoms with van der Waals surface area (Å²) in [5.41, 5.74) is 0. The van der Waals surface area contributed by atoms with Crippen LogP contribution < -0.4 is 5.32 Å². The average molecular weight is 221 g/mol. The Balaban J connectivity index is 2.43. The topological polar surface area (TPSA) is 83.5 Å². The third-order valence-corrected chi connectivity index (χ3v) is 4.29. The molecule has 0 radical (unpaired) electrons. The second-order valence-electron chi connectivity index (χ2n) is 3.75. The highest BCUT2D eigenvalue weighted by atomic mass is 32.2. The molecule has 0 unspecified atom stereocenters. The highest BCUT2D eigenvalue weighted by molar-refractivity contribution is 7.91. The Bertz CT molecular complexity index is 303. The molecule has 1 amide bonds. The van der Waals surface area contributed by atoms with Gasteiger partial charge in [0, 0.05) is 12.3 Å². The number of carbonyl (C=O) groups is 1. The highest BCUT2D eigenvalue weighted by Crippen LogP contribution is 2.23. The number of hydrogen-bond donors (Lipinski definition) is 2. The van der Waals surface area contributed by atoms with E-state index in [0.717, 1.165) is 0 Å². The second-order valence-corrected chi connectivity index (χ2v) is 6.08. The first kappa shape index (κ1) is 11.3. The van der Waals surface area contributed by atoms with Crippen LogP contribution in [0.3, 0.4) is 0 Å². The monoisotopic (exact) mass is 221 g/mol. The Morgan fingerprint density at radius 2 is 1.79 bits per heavy atom. The van der Waals surface area contributed by atoms with Crippen LogP contribution in [0.25, 0.3) is 0 Å². The molecule has 1 saturated carbocycles. The van der Waals surface area contributed by atoms with E-state index >= 15 is 0 Å². The molecule has 0 bridgehead atoms. The fraction of sp³-hybridized carbons (Fsp3) is 0.875. The maximum absolute atomic E-state index is 11.2. The SMILES string of the molecule is CS(=O)(=O)C1CCC(NC(=O)O)CC1. The van der Waals surface area contributed by atoms with E-state index in [0.29, 0.717) is 25.7 Å². The molecule has 6 heteroatoms. The lowest BCUT2D eigenvalue weighted by Crippen LogP contribution is -2.39. The summed E-state index contributed by atoms with van der Waals surface area (Å²) < 4.78 is 22.4. The van der Waals surface area contributed by atoms with Crippen molar-refractivity contribution < 1.29 is 18.3 Å². The molecule has 0 aliphatic heterocycles. The molecule has 1 fully saturated rings. The molecule has 1 rings (SSSR count). The molecular weight excluding hydrogens is 206 g/mol. The van der Waals surface area contributed by atoms with Crippen LogP contribution in [-0.4, -0.2) is 37.2 Å². The van der Waals surface area contributed by atoms with Gasteiger partial charge in [-0.1, -0.05) is 0 Å². The smallest absolute Gasteiger partial charge is 0.404 e. The van der Waals surface area contributed by atoms with E-state index in [1.807, 2.05) is 0 Å². The van der Waals surface area contributed by atoms with Crippen molar-refractivity contribution in [1.82, 2.24) is 5.32 Å². The van der Waals surface area contributed by atoms with Gasteiger partial charge in [-0.05, 0) is 25.7 Å². The normalized spacial score (nSPS) is 28.4. The van der Waals surface area contributed by atoms with Crippen LogP contribution >= 0.6 is 0 Å². The molecule has 0 aromatic rings. The molecule has 0 atom stereocenters. The van der Waals surface area contributed by atoms with Crippen molar-refractivity contribution in [3.63, 3.8) is 0 Å². The van der Waals surface area contributed by atoms with Crippen molar-refractivity contribution in [3.8, 4) is 0 Å². The largest absolute Gasteiger partial charge is 0.465 e. The van der Waals surface area contributed by atoms with Gasteiger partial charge in [-0.3, -0.25) is 0 Å². The zero-order valence-electron chi connectivity index (χ0n) is 8.06. The minimum Gasteiger partial charge on any atom is -0.465 e. The van der Waals surface area contributed by atoms with Crippen molar-refractivity contribution >= 4 is 15.9 Å². The molecular formula is C8H15NO4S. The van der Waals surface area contributed by atoms with Crippen LogP contribution in [0.2, 0.25) is 0 Å². The van der Waals surface area contributed by atoms with Crippen molar-refractivity contribution in [3.05, 3.63) is 0 Å². The summed E-state index contributed by atoms with van der Waals surface area (Å²) in [6.45, 7) is 0. The molecule has 0 saturated heterocycles. The Kier molecular flexibility index (Phi) is 3.36. The molecule has 0 spiro atoms. The van der Waals surface area contributed by atoms with Gasteiger partial charge in [-0.15, -0.1) is 0 Å². The highest BCUT2D eigenvalue weighted by Gasteiger charge is 2.28. The summed E-state index contributed by atoms with van der Waals surface area (Å²) in [5.74, 6) is 0. The van der Waals surface area contributed by atoms with E-state index in [9.17, 15) is 13.2 Å². The van der Waals surface area contributed by atoms with E-state index in [-0.39, 0.29) is 11.3 Å². The van der Waals surface area contributed by atoms with Gasteiger partial charge in [0.05, 0.1) is 5.25 Å². The Morgan fingerprint density at radius 1 is 1.29 bits per heavy atom. The number of nitrogens with one attached hydrogen (secondary N) is 1. The van der Waals surface area contributed by atoms with Crippen LogP contribution in [0.1, 0.15) is 25.7 Å². The van der Waals surface area contributed by atoms with Crippen LogP contribution in [-0.2, 0) is 9.84 Å². The fourth-order valence-corrected chi connectivity index (χ4v) is 2.94. The molecule has 82 valence electrons. The first-order chi connectivity index (χ1) is 6.39. The molecule has 1 aliphatic rings. The van der Waals surface area contributed by atoms with Gasteiger partial charge in [0.1, 0.15) is 9.84 Å². The van der Waals surface area contributed by atoms with Gasteiger partial charge in [0.15, 0.2) is 0 Å². The summed E-state index contributed by atoms with van der Waals surface area (Å²) in [4.78, 5) is 10.3. The van der Waals surface area contributed by atoms with Gasteiger partial charge >= 0.3 is 6.09 Å². The average Bonchev–Trinajstić information content (AvgIpc) is 2.02. The first-order valence-corrected chi connectivity index (χ1v) is 6.53. The third kappa shape index (κ3) is 3.17. The van der Waals surface area contributed by atoms with Crippen LogP contribution in [0.4, 0.5) is 4.79 Å². The zero-order chi connectivity index (χ0) is 10.8. The predicted octanol–water partition coefficient (Wildman–Crippen LogP) is 0.610. The quantitative estimate of drug-likeness (QED) is 0.715. The van der Waals surface area contributed by atoms with E-state index in [2.05, 4.69) is 5.32 Å². The molecule has 0 aromatic carbocycles. The first-order valence-electron chi connectivity index (χ1n) is 4.58. The minimum absolute atomic E-state index is 0.0782. The van der Waals surface area contributed by atoms with E-state index < -0.39 is 15.9 Å². The number of sulfone groups is 1. The van der Waals surface area contributed by atoms with E-state index in [1.54, 1.807) is 0 Å². The summed E-state index contributed by atoms with van der Waals surface area (Å²) in [6, 6.07) is -0.0782. The number of hydrogen-bond acceptors (Lipinski definition) is 3. The standard InChI is InChI=1S/C8H15NO4S/c1-14(12,13)7-4-2-6(3-5-7)9-8(10)11/h6-7,9H,2-5H2,1H3,(H,10,11). The maximum atomic E-state index is 11.2. The minimum atomic E-state index is -2.95. The van der Waals surface area contributed by atoms with Crippen LogP contribution in [0.15, 0.2) is 0 Å². The number of amides is 1. The Morgan fingerprint density at radius 3 is 2.14 bits per heavy atom. The van der Waals surface area contributed by atoms with Crippen molar-refractivity contribution in [2.45, 2.75) is 37.0 Å². The van der Waals surface area contributed by atoms with Crippen LogP contribution in [0.5, 0.6) is 0 Å². The Hall–Kier alpha value is -0.780. The molecule has 2 N–H and O–H groups in total. The van der Waals surface area contributed by atoms with E-state index in [4.69, 9.17) is 5.11 Å². The third-order valence-electron chi connectivity index (χ3n) is 2.61. The maximum Gasteiger partial charge on any atom is 0.404 e.